The molecular weight excluding hydrogens is 215 g/mol. The molecule has 2 nitrogen and oxygen atoms in total. The number of piperidine rings is 1. The third-order valence-electron chi connectivity index (χ3n) is 2.79. The van der Waals surface area contributed by atoms with Crippen molar-refractivity contribution in [1.29, 1.82) is 0 Å². The van der Waals surface area contributed by atoms with Gasteiger partial charge in [-0.25, -0.2) is 4.39 Å². The van der Waals surface area contributed by atoms with Gasteiger partial charge in [0, 0.05) is 19.1 Å². The molecule has 0 aliphatic carbocycles. The summed E-state index contributed by atoms with van der Waals surface area (Å²) in [6.07, 6.45) is 1.79. The van der Waals surface area contributed by atoms with E-state index in [1.54, 1.807) is 12.1 Å². The van der Waals surface area contributed by atoms with Gasteiger partial charge >= 0.3 is 0 Å². The molecule has 4 heteroatoms. The van der Waals surface area contributed by atoms with Crippen LogP contribution in [0.2, 0.25) is 5.02 Å². The summed E-state index contributed by atoms with van der Waals surface area (Å²) in [4.78, 5) is 1.97. The monoisotopic (exact) mass is 228 g/mol. The zero-order chi connectivity index (χ0) is 10.8. The molecule has 0 atom stereocenters. The fraction of sp³-hybridized carbons (Fsp3) is 0.455. The summed E-state index contributed by atoms with van der Waals surface area (Å²) >= 11 is 5.99. The normalized spacial score (nSPS) is 18.2. The topological polar surface area (TPSA) is 29.3 Å². The zero-order valence-corrected chi connectivity index (χ0v) is 9.17. The smallest absolute Gasteiger partial charge is 0.148 e. The van der Waals surface area contributed by atoms with Crippen LogP contribution >= 0.6 is 11.6 Å². The fourth-order valence-corrected chi connectivity index (χ4v) is 2.20. The lowest BCUT2D eigenvalue weighted by molar-refractivity contribution is 0.494. The highest BCUT2D eigenvalue weighted by Gasteiger charge is 2.20. The molecule has 1 saturated heterocycles. The molecule has 1 heterocycles. The molecule has 15 heavy (non-hydrogen) atoms. The summed E-state index contributed by atoms with van der Waals surface area (Å²) in [6, 6.07) is 5.02. The fourth-order valence-electron chi connectivity index (χ4n) is 1.91. The Bertz CT molecular complexity index is 328. The largest absolute Gasteiger partial charge is 0.368 e. The Morgan fingerprint density at radius 2 is 2.00 bits per heavy atom. The molecule has 1 aromatic rings. The number of benzene rings is 1. The third kappa shape index (κ3) is 2.24. The van der Waals surface area contributed by atoms with Crippen LogP contribution in [0.5, 0.6) is 0 Å². The lowest BCUT2D eigenvalue weighted by atomic mass is 10.1. The first-order chi connectivity index (χ1) is 7.18. The molecule has 1 aliphatic heterocycles. The standard InChI is InChI=1S/C11H14ClFN2/c12-9-2-1-3-10(13)11(9)15-6-4-8(14)5-7-15/h1-3,8H,4-7,14H2. The lowest BCUT2D eigenvalue weighted by Crippen LogP contribution is -2.40. The molecule has 1 fully saturated rings. The van der Waals surface area contributed by atoms with Crippen LogP contribution in [0.15, 0.2) is 18.2 Å². The maximum Gasteiger partial charge on any atom is 0.148 e. The van der Waals surface area contributed by atoms with Gasteiger partial charge < -0.3 is 10.6 Å². The van der Waals surface area contributed by atoms with Crippen molar-refractivity contribution in [2.45, 2.75) is 18.9 Å². The Balaban J connectivity index is 2.22. The molecular formula is C11H14ClFN2. The molecule has 2 rings (SSSR count). The van der Waals surface area contributed by atoms with Crippen LogP contribution in [0.1, 0.15) is 12.8 Å². The van der Waals surface area contributed by atoms with Crippen molar-refractivity contribution in [3.63, 3.8) is 0 Å². The number of hydrogen-bond acceptors (Lipinski definition) is 2. The number of rotatable bonds is 1. The van der Waals surface area contributed by atoms with Gasteiger partial charge in [-0.05, 0) is 25.0 Å². The van der Waals surface area contributed by atoms with Gasteiger partial charge in [0.2, 0.25) is 0 Å². The van der Waals surface area contributed by atoms with Crippen molar-refractivity contribution in [3.8, 4) is 0 Å². The number of nitrogens with two attached hydrogens (primary N) is 1. The number of halogens is 2. The number of anilines is 1. The maximum absolute atomic E-state index is 13.6. The number of nitrogens with zero attached hydrogens (tertiary/aromatic N) is 1. The van der Waals surface area contributed by atoms with Gasteiger partial charge in [0.05, 0.1) is 10.7 Å². The highest BCUT2D eigenvalue weighted by Crippen LogP contribution is 2.30. The SMILES string of the molecule is NC1CCN(c2c(F)cccc2Cl)CC1. The first-order valence-corrected chi connectivity index (χ1v) is 5.51. The molecule has 2 N–H and O–H groups in total. The highest BCUT2D eigenvalue weighted by atomic mass is 35.5. The molecule has 0 aromatic heterocycles. The second-order valence-electron chi connectivity index (χ2n) is 3.89. The molecule has 0 bridgehead atoms. The van der Waals surface area contributed by atoms with E-state index in [0.29, 0.717) is 10.7 Å². The average molecular weight is 229 g/mol. The second-order valence-corrected chi connectivity index (χ2v) is 4.30. The molecule has 1 aromatic carbocycles. The van der Waals surface area contributed by atoms with E-state index >= 15 is 0 Å². The minimum Gasteiger partial charge on any atom is -0.368 e. The van der Waals surface area contributed by atoms with Gasteiger partial charge in [0.15, 0.2) is 0 Å². The van der Waals surface area contributed by atoms with Gasteiger partial charge in [-0.2, -0.15) is 0 Å². The van der Waals surface area contributed by atoms with Crippen LogP contribution in [0.25, 0.3) is 0 Å². The van der Waals surface area contributed by atoms with Crippen molar-refractivity contribution in [3.05, 3.63) is 29.0 Å². The summed E-state index contributed by atoms with van der Waals surface area (Å²) in [6.45, 7) is 1.56. The number of hydrogen-bond donors (Lipinski definition) is 1. The second kappa shape index (κ2) is 4.37. The van der Waals surface area contributed by atoms with E-state index in [4.69, 9.17) is 17.3 Å². The van der Waals surface area contributed by atoms with E-state index in [1.807, 2.05) is 4.90 Å². The van der Waals surface area contributed by atoms with E-state index < -0.39 is 0 Å². The first-order valence-electron chi connectivity index (χ1n) is 5.13. The van der Waals surface area contributed by atoms with Crippen LogP contribution in [-0.2, 0) is 0 Å². The Morgan fingerprint density at radius 3 is 2.60 bits per heavy atom. The van der Waals surface area contributed by atoms with Crippen molar-refractivity contribution < 1.29 is 4.39 Å². The van der Waals surface area contributed by atoms with Crippen LogP contribution in [0.4, 0.5) is 10.1 Å². The van der Waals surface area contributed by atoms with Crippen molar-refractivity contribution in [2.24, 2.45) is 5.73 Å². The summed E-state index contributed by atoms with van der Waals surface area (Å²) in [7, 11) is 0. The van der Waals surface area contributed by atoms with Crippen molar-refractivity contribution in [1.82, 2.24) is 0 Å². The van der Waals surface area contributed by atoms with E-state index in [-0.39, 0.29) is 11.9 Å². The molecule has 0 saturated carbocycles. The predicted molar refractivity (Wildman–Crippen MR) is 60.8 cm³/mol. The quantitative estimate of drug-likeness (QED) is 0.800. The van der Waals surface area contributed by atoms with Crippen LogP contribution in [0.3, 0.4) is 0 Å². The third-order valence-corrected chi connectivity index (χ3v) is 3.10. The summed E-state index contributed by atoms with van der Waals surface area (Å²) < 4.78 is 13.6. The van der Waals surface area contributed by atoms with E-state index in [1.165, 1.54) is 6.07 Å². The van der Waals surface area contributed by atoms with Gasteiger partial charge in [0.1, 0.15) is 5.82 Å². The molecule has 0 unspecified atom stereocenters. The van der Waals surface area contributed by atoms with E-state index in [9.17, 15) is 4.39 Å². The Hall–Kier alpha value is -0.800. The first kappa shape index (κ1) is 10.7. The molecule has 0 amide bonds. The lowest BCUT2D eigenvalue weighted by Gasteiger charge is -2.32. The van der Waals surface area contributed by atoms with E-state index in [2.05, 4.69) is 0 Å². The van der Waals surface area contributed by atoms with Crippen LogP contribution in [-0.4, -0.2) is 19.1 Å². The van der Waals surface area contributed by atoms with Crippen LogP contribution < -0.4 is 10.6 Å². The molecule has 0 spiro atoms. The van der Waals surface area contributed by atoms with Crippen molar-refractivity contribution in [2.75, 3.05) is 18.0 Å². The van der Waals surface area contributed by atoms with Gasteiger partial charge in [-0.3, -0.25) is 0 Å². The van der Waals surface area contributed by atoms with Gasteiger partial charge in [0.25, 0.3) is 0 Å². The van der Waals surface area contributed by atoms with Crippen LogP contribution in [0, 0.1) is 5.82 Å². The Morgan fingerprint density at radius 1 is 1.33 bits per heavy atom. The zero-order valence-electron chi connectivity index (χ0n) is 8.42. The van der Waals surface area contributed by atoms with Gasteiger partial charge in [-0.15, -0.1) is 0 Å². The highest BCUT2D eigenvalue weighted by molar-refractivity contribution is 6.33. The van der Waals surface area contributed by atoms with E-state index in [0.717, 1.165) is 25.9 Å². The Labute approximate surface area is 93.8 Å². The number of para-hydroxylation sites is 1. The average Bonchev–Trinajstić information content (AvgIpc) is 2.20. The minimum absolute atomic E-state index is 0.242. The van der Waals surface area contributed by atoms with Crippen molar-refractivity contribution >= 4 is 17.3 Å². The molecule has 1 aliphatic rings. The minimum atomic E-state index is -0.252. The predicted octanol–water partition coefficient (Wildman–Crippen LogP) is 2.41. The molecule has 82 valence electrons. The molecule has 0 radical (unpaired) electrons. The summed E-state index contributed by atoms with van der Waals surface area (Å²) in [5.74, 6) is -0.252. The summed E-state index contributed by atoms with van der Waals surface area (Å²) in [5, 5.41) is 0.477. The Kier molecular flexibility index (Phi) is 3.12. The van der Waals surface area contributed by atoms with Gasteiger partial charge in [-0.1, -0.05) is 17.7 Å². The summed E-state index contributed by atoms with van der Waals surface area (Å²) in [5.41, 5.74) is 6.32. The maximum atomic E-state index is 13.6.